The van der Waals surface area contributed by atoms with Crippen LogP contribution in [0.2, 0.25) is 18.1 Å². The first kappa shape index (κ1) is 23.6. The fraction of sp³-hybridized carbons (Fsp3) is 0.889. The third-order valence-corrected chi connectivity index (χ3v) is 9.73. The molecule has 24 heavy (non-hydrogen) atoms. The first-order valence-corrected chi connectivity index (χ1v) is 13.6. The maximum atomic E-state index is 11.0. The summed E-state index contributed by atoms with van der Waals surface area (Å²) in [5.74, 6) is 2.39. The van der Waals surface area contributed by atoms with Crippen LogP contribution in [0, 0.1) is 12.3 Å². The molecule has 0 rings (SSSR count). The lowest BCUT2D eigenvalue weighted by molar-refractivity contribution is 0.250. The molecule has 4 nitrogen and oxygen atoms in total. The zero-order chi connectivity index (χ0) is 18.9. The maximum absolute atomic E-state index is 11.0. The second-order valence-electron chi connectivity index (χ2n) is 7.97. The number of terminal acetylenes is 1. The highest BCUT2D eigenvalue weighted by Crippen LogP contribution is 2.36. The molecule has 0 radical (unpaired) electrons. The standard InChI is InChI=1S/C18H36O4SSi/c1-8-17(22-23(5,19)20)15-13-11-9-10-12-14-16-21-24(6,7)18(2,3)4/h1,17H,9-16H2,2-7H3/t17-/m1/s1. The third kappa shape index (κ3) is 11.2. The van der Waals surface area contributed by atoms with Crippen LogP contribution in [0.1, 0.15) is 65.7 Å². The van der Waals surface area contributed by atoms with Crippen molar-refractivity contribution in [2.45, 2.75) is 90.0 Å². The Hall–Kier alpha value is -0.353. The summed E-state index contributed by atoms with van der Waals surface area (Å²) in [6, 6.07) is 0. The Labute approximate surface area is 151 Å². The zero-order valence-electron chi connectivity index (χ0n) is 16.4. The lowest BCUT2D eigenvalue weighted by atomic mass is 10.1. The van der Waals surface area contributed by atoms with E-state index in [2.05, 4.69) is 39.8 Å². The van der Waals surface area contributed by atoms with E-state index in [4.69, 9.17) is 15.0 Å². The fourth-order valence-corrected chi connectivity index (χ4v) is 3.71. The molecule has 0 aliphatic carbocycles. The maximum Gasteiger partial charge on any atom is 0.265 e. The van der Waals surface area contributed by atoms with Crippen molar-refractivity contribution in [1.29, 1.82) is 0 Å². The van der Waals surface area contributed by atoms with Crippen molar-refractivity contribution < 1.29 is 17.0 Å². The zero-order valence-corrected chi connectivity index (χ0v) is 18.2. The molecule has 0 aromatic rings. The Kier molecular flexibility index (Phi) is 10.4. The summed E-state index contributed by atoms with van der Waals surface area (Å²) in [5.41, 5.74) is 0. The smallest absolute Gasteiger partial charge is 0.265 e. The van der Waals surface area contributed by atoms with Crippen molar-refractivity contribution in [3.8, 4) is 12.3 Å². The second-order valence-corrected chi connectivity index (χ2v) is 14.4. The van der Waals surface area contributed by atoms with Gasteiger partial charge in [-0.25, -0.2) is 0 Å². The van der Waals surface area contributed by atoms with Gasteiger partial charge in [0.15, 0.2) is 8.32 Å². The van der Waals surface area contributed by atoms with E-state index in [1.807, 2.05) is 0 Å². The molecule has 0 heterocycles. The van der Waals surface area contributed by atoms with E-state index < -0.39 is 24.5 Å². The van der Waals surface area contributed by atoms with Crippen molar-refractivity contribution in [2.75, 3.05) is 12.9 Å². The summed E-state index contributed by atoms with van der Waals surface area (Å²) < 4.78 is 33.1. The van der Waals surface area contributed by atoms with Gasteiger partial charge in [0.25, 0.3) is 10.1 Å². The van der Waals surface area contributed by atoms with Crippen molar-refractivity contribution in [3.05, 3.63) is 0 Å². The van der Waals surface area contributed by atoms with Gasteiger partial charge in [-0.05, 0) is 37.4 Å². The van der Waals surface area contributed by atoms with Gasteiger partial charge in [-0.15, -0.1) is 6.42 Å². The van der Waals surface area contributed by atoms with Crippen LogP contribution >= 0.6 is 0 Å². The molecule has 0 N–H and O–H groups in total. The van der Waals surface area contributed by atoms with Crippen LogP contribution < -0.4 is 0 Å². The van der Waals surface area contributed by atoms with Gasteiger partial charge in [0.05, 0.1) is 6.26 Å². The van der Waals surface area contributed by atoms with Crippen LogP contribution in [-0.2, 0) is 18.7 Å². The van der Waals surface area contributed by atoms with Crippen LogP contribution in [0.5, 0.6) is 0 Å². The largest absolute Gasteiger partial charge is 0.417 e. The molecule has 0 fully saturated rings. The van der Waals surface area contributed by atoms with Gasteiger partial charge in [-0.1, -0.05) is 52.4 Å². The summed E-state index contributed by atoms with van der Waals surface area (Å²) in [5, 5.41) is 0.272. The summed E-state index contributed by atoms with van der Waals surface area (Å²) in [7, 11) is -5.07. The van der Waals surface area contributed by atoms with Crippen molar-refractivity contribution in [2.24, 2.45) is 0 Å². The predicted octanol–water partition coefficient (Wildman–Crippen LogP) is 4.72. The molecule has 0 aliphatic heterocycles. The molecule has 0 aromatic heterocycles. The molecule has 0 aliphatic rings. The molecule has 0 saturated carbocycles. The van der Waals surface area contributed by atoms with E-state index in [-0.39, 0.29) is 5.04 Å². The molecule has 6 heteroatoms. The minimum absolute atomic E-state index is 0.272. The molecule has 0 aromatic carbocycles. The highest BCUT2D eigenvalue weighted by molar-refractivity contribution is 7.86. The van der Waals surface area contributed by atoms with E-state index in [9.17, 15) is 8.42 Å². The number of rotatable bonds is 12. The Morgan fingerprint density at radius 3 is 2.00 bits per heavy atom. The summed E-state index contributed by atoms with van der Waals surface area (Å²) in [6.07, 6.45) is 12.8. The van der Waals surface area contributed by atoms with Crippen LogP contribution in [0.25, 0.3) is 0 Å². The van der Waals surface area contributed by atoms with E-state index in [1.165, 1.54) is 12.8 Å². The van der Waals surface area contributed by atoms with Gasteiger partial charge in [-0.2, -0.15) is 8.42 Å². The molecule has 0 spiro atoms. The Morgan fingerprint density at radius 1 is 1.04 bits per heavy atom. The van der Waals surface area contributed by atoms with Gasteiger partial charge >= 0.3 is 0 Å². The first-order chi connectivity index (χ1) is 10.9. The van der Waals surface area contributed by atoms with Crippen LogP contribution in [0.3, 0.4) is 0 Å². The van der Waals surface area contributed by atoms with Gasteiger partial charge in [-0.3, -0.25) is 4.18 Å². The van der Waals surface area contributed by atoms with Gasteiger partial charge < -0.3 is 4.43 Å². The number of unbranched alkanes of at least 4 members (excludes halogenated alkanes) is 5. The van der Waals surface area contributed by atoms with E-state index in [1.54, 1.807) is 0 Å². The minimum Gasteiger partial charge on any atom is -0.417 e. The van der Waals surface area contributed by atoms with Crippen molar-refractivity contribution in [1.82, 2.24) is 0 Å². The lowest BCUT2D eigenvalue weighted by Gasteiger charge is -2.36. The first-order valence-electron chi connectivity index (χ1n) is 8.87. The average Bonchev–Trinajstić information content (AvgIpc) is 2.41. The summed E-state index contributed by atoms with van der Waals surface area (Å²) >= 11 is 0. The topological polar surface area (TPSA) is 52.6 Å². The number of hydrogen-bond donors (Lipinski definition) is 0. The highest BCUT2D eigenvalue weighted by Gasteiger charge is 2.36. The second kappa shape index (κ2) is 10.6. The van der Waals surface area contributed by atoms with E-state index in [0.717, 1.165) is 38.5 Å². The highest BCUT2D eigenvalue weighted by atomic mass is 32.2. The lowest BCUT2D eigenvalue weighted by Crippen LogP contribution is -2.40. The molecule has 0 bridgehead atoms. The van der Waals surface area contributed by atoms with Crippen molar-refractivity contribution >= 4 is 18.4 Å². The van der Waals surface area contributed by atoms with E-state index in [0.29, 0.717) is 6.42 Å². The summed E-state index contributed by atoms with van der Waals surface area (Å²) in [4.78, 5) is 0. The normalized spacial score (nSPS) is 14.4. The van der Waals surface area contributed by atoms with Crippen LogP contribution in [0.15, 0.2) is 0 Å². The average molecular weight is 377 g/mol. The molecule has 1 atom stereocenters. The molecular formula is C18H36O4SSi. The Morgan fingerprint density at radius 2 is 1.54 bits per heavy atom. The Bertz CT molecular complexity index is 486. The monoisotopic (exact) mass is 376 g/mol. The predicted molar refractivity (Wildman–Crippen MR) is 104 cm³/mol. The van der Waals surface area contributed by atoms with Crippen LogP contribution in [0.4, 0.5) is 0 Å². The molecule has 142 valence electrons. The molecule has 0 saturated heterocycles. The van der Waals surface area contributed by atoms with Gasteiger partial charge in [0.2, 0.25) is 0 Å². The third-order valence-electron chi connectivity index (χ3n) is 4.61. The molecule has 0 unspecified atom stereocenters. The van der Waals surface area contributed by atoms with E-state index >= 15 is 0 Å². The van der Waals surface area contributed by atoms with Gasteiger partial charge in [0.1, 0.15) is 6.10 Å². The Balaban J connectivity index is 3.67. The number of hydrogen-bond acceptors (Lipinski definition) is 4. The molecular weight excluding hydrogens is 340 g/mol. The summed E-state index contributed by atoms with van der Waals surface area (Å²) in [6.45, 7) is 12.2. The fourth-order valence-electron chi connectivity index (χ4n) is 2.05. The SMILES string of the molecule is C#C[C@H](CCCCCCCCO[Si](C)(C)C(C)(C)C)OS(C)(=O)=O. The van der Waals surface area contributed by atoms with Crippen LogP contribution in [-0.4, -0.2) is 35.7 Å². The molecule has 0 amide bonds. The quantitative estimate of drug-likeness (QED) is 0.214. The van der Waals surface area contributed by atoms with Crippen molar-refractivity contribution in [3.63, 3.8) is 0 Å². The van der Waals surface area contributed by atoms with Gasteiger partial charge in [0, 0.05) is 6.61 Å². The minimum atomic E-state index is -3.47.